The van der Waals surface area contributed by atoms with E-state index in [1.807, 2.05) is 44.2 Å². The van der Waals surface area contributed by atoms with Crippen LogP contribution in [0.1, 0.15) is 19.4 Å². The number of likely N-dealkylation sites (N-methyl/N-ethyl adjacent to an activating group) is 1. The number of rotatable bonds is 3. The third-order valence-corrected chi connectivity index (χ3v) is 4.00. The Kier molecular flexibility index (Phi) is 3.92. The fraction of sp³-hybridized carbons (Fsp3) is 0.533. The number of nitrogens with one attached hydrogen (secondary N) is 1. The molecule has 104 valence electrons. The van der Waals surface area contributed by atoms with E-state index in [1.54, 1.807) is 11.9 Å². The molecule has 2 N–H and O–H groups in total. The SMILES string of the molecule is CN(C(=O)C(C)(C)c1ccccc1)[C@@H]1CNC[C@H]1O. The molecular weight excluding hydrogens is 240 g/mol. The van der Waals surface area contributed by atoms with Crippen molar-refractivity contribution in [2.45, 2.75) is 31.4 Å². The summed E-state index contributed by atoms with van der Waals surface area (Å²) in [6, 6.07) is 9.62. The molecule has 0 unspecified atom stereocenters. The third-order valence-electron chi connectivity index (χ3n) is 4.00. The Morgan fingerprint density at radius 2 is 1.95 bits per heavy atom. The zero-order valence-corrected chi connectivity index (χ0v) is 11.8. The molecule has 0 spiro atoms. The van der Waals surface area contributed by atoms with Crippen molar-refractivity contribution in [1.82, 2.24) is 10.2 Å². The second kappa shape index (κ2) is 5.31. The Balaban J connectivity index is 2.18. The maximum Gasteiger partial charge on any atom is 0.232 e. The van der Waals surface area contributed by atoms with Crippen LogP contribution in [-0.4, -0.2) is 48.2 Å². The van der Waals surface area contributed by atoms with E-state index in [-0.39, 0.29) is 11.9 Å². The molecule has 0 saturated carbocycles. The van der Waals surface area contributed by atoms with E-state index in [2.05, 4.69) is 5.32 Å². The molecule has 0 bridgehead atoms. The molecule has 4 heteroatoms. The van der Waals surface area contributed by atoms with Crippen molar-refractivity contribution < 1.29 is 9.90 Å². The summed E-state index contributed by atoms with van der Waals surface area (Å²) in [5.41, 5.74) is 0.408. The van der Waals surface area contributed by atoms with Gasteiger partial charge in [-0.3, -0.25) is 4.79 Å². The van der Waals surface area contributed by atoms with E-state index >= 15 is 0 Å². The number of nitrogens with zero attached hydrogens (tertiary/aromatic N) is 1. The lowest BCUT2D eigenvalue weighted by Crippen LogP contribution is -2.50. The lowest BCUT2D eigenvalue weighted by molar-refractivity contribution is -0.138. The summed E-state index contributed by atoms with van der Waals surface area (Å²) in [7, 11) is 1.77. The number of carbonyl (C=O) groups is 1. The molecule has 1 aliphatic rings. The van der Waals surface area contributed by atoms with Crippen LogP contribution in [0.4, 0.5) is 0 Å². The van der Waals surface area contributed by atoms with Gasteiger partial charge in [0.05, 0.1) is 17.6 Å². The van der Waals surface area contributed by atoms with Gasteiger partial charge in [-0.05, 0) is 19.4 Å². The van der Waals surface area contributed by atoms with Gasteiger partial charge in [0.15, 0.2) is 0 Å². The zero-order chi connectivity index (χ0) is 14.0. The Bertz CT molecular complexity index is 445. The van der Waals surface area contributed by atoms with E-state index in [4.69, 9.17) is 0 Å². The maximum atomic E-state index is 12.7. The average molecular weight is 262 g/mol. The quantitative estimate of drug-likeness (QED) is 0.845. The van der Waals surface area contributed by atoms with Crippen molar-refractivity contribution in [2.75, 3.05) is 20.1 Å². The largest absolute Gasteiger partial charge is 0.390 e. The molecule has 1 aromatic rings. The van der Waals surface area contributed by atoms with E-state index < -0.39 is 11.5 Å². The van der Waals surface area contributed by atoms with E-state index in [0.717, 1.165) is 5.56 Å². The molecule has 1 aliphatic heterocycles. The van der Waals surface area contributed by atoms with Crippen LogP contribution in [0.5, 0.6) is 0 Å². The van der Waals surface area contributed by atoms with Gasteiger partial charge in [0.1, 0.15) is 0 Å². The molecule has 0 radical (unpaired) electrons. The molecule has 0 aliphatic carbocycles. The molecule has 1 saturated heterocycles. The minimum absolute atomic E-state index is 0.0337. The van der Waals surface area contributed by atoms with Gasteiger partial charge >= 0.3 is 0 Å². The van der Waals surface area contributed by atoms with Crippen molar-refractivity contribution in [2.24, 2.45) is 0 Å². The lowest BCUT2D eigenvalue weighted by atomic mass is 9.83. The van der Waals surface area contributed by atoms with Gasteiger partial charge in [-0.2, -0.15) is 0 Å². The van der Waals surface area contributed by atoms with Crippen LogP contribution in [0.3, 0.4) is 0 Å². The first-order valence-corrected chi connectivity index (χ1v) is 6.66. The van der Waals surface area contributed by atoms with Crippen molar-refractivity contribution >= 4 is 5.91 Å². The Hall–Kier alpha value is -1.39. The normalized spacial score (nSPS) is 23.4. The molecule has 1 heterocycles. The predicted octanol–water partition coefficient (Wildman–Crippen LogP) is 0.755. The number of hydrogen-bond donors (Lipinski definition) is 2. The highest BCUT2D eigenvalue weighted by Crippen LogP contribution is 2.26. The number of carbonyl (C=O) groups excluding carboxylic acids is 1. The van der Waals surface area contributed by atoms with Crippen molar-refractivity contribution in [1.29, 1.82) is 0 Å². The molecule has 1 aromatic carbocycles. The van der Waals surface area contributed by atoms with Gasteiger partial charge in [0.2, 0.25) is 5.91 Å². The van der Waals surface area contributed by atoms with Gasteiger partial charge in [0, 0.05) is 20.1 Å². The summed E-state index contributed by atoms with van der Waals surface area (Å²) in [5, 5.41) is 13.0. The van der Waals surface area contributed by atoms with Gasteiger partial charge in [-0.15, -0.1) is 0 Å². The summed E-state index contributed by atoms with van der Waals surface area (Å²) in [6.07, 6.45) is -0.486. The summed E-state index contributed by atoms with van der Waals surface area (Å²) in [6.45, 7) is 5.05. The van der Waals surface area contributed by atoms with Crippen LogP contribution in [-0.2, 0) is 10.2 Å². The number of β-amino-alcohol motifs (C(OH)–C–C–N with tert-alkyl or cyclic N) is 1. The fourth-order valence-electron chi connectivity index (χ4n) is 2.62. The number of aliphatic hydroxyl groups is 1. The lowest BCUT2D eigenvalue weighted by Gasteiger charge is -2.34. The highest BCUT2D eigenvalue weighted by molar-refractivity contribution is 5.87. The monoisotopic (exact) mass is 262 g/mol. The maximum absolute atomic E-state index is 12.7. The summed E-state index contributed by atoms with van der Waals surface area (Å²) >= 11 is 0. The summed E-state index contributed by atoms with van der Waals surface area (Å²) in [4.78, 5) is 14.4. The van der Waals surface area contributed by atoms with Crippen LogP contribution in [0.15, 0.2) is 30.3 Å². The topological polar surface area (TPSA) is 52.6 Å². The first-order chi connectivity index (χ1) is 8.94. The number of benzene rings is 1. The van der Waals surface area contributed by atoms with Crippen LogP contribution < -0.4 is 5.32 Å². The average Bonchev–Trinajstić information content (AvgIpc) is 2.84. The fourth-order valence-corrected chi connectivity index (χ4v) is 2.62. The smallest absolute Gasteiger partial charge is 0.232 e. The molecule has 2 rings (SSSR count). The zero-order valence-electron chi connectivity index (χ0n) is 11.8. The first-order valence-electron chi connectivity index (χ1n) is 6.66. The Morgan fingerprint density at radius 1 is 1.32 bits per heavy atom. The Labute approximate surface area is 114 Å². The highest BCUT2D eigenvalue weighted by Gasteiger charge is 2.38. The highest BCUT2D eigenvalue weighted by atomic mass is 16.3. The van der Waals surface area contributed by atoms with E-state index in [9.17, 15) is 9.90 Å². The van der Waals surface area contributed by atoms with Crippen molar-refractivity contribution in [3.63, 3.8) is 0 Å². The second-order valence-electron chi connectivity index (χ2n) is 5.70. The van der Waals surface area contributed by atoms with Crippen LogP contribution >= 0.6 is 0 Å². The minimum Gasteiger partial charge on any atom is -0.390 e. The summed E-state index contributed by atoms with van der Waals surface area (Å²) < 4.78 is 0. The van der Waals surface area contributed by atoms with Crippen LogP contribution in [0, 0.1) is 0 Å². The number of amides is 1. The van der Waals surface area contributed by atoms with Gasteiger partial charge in [-0.1, -0.05) is 30.3 Å². The van der Waals surface area contributed by atoms with E-state index in [0.29, 0.717) is 13.1 Å². The molecule has 4 nitrogen and oxygen atoms in total. The van der Waals surface area contributed by atoms with Crippen molar-refractivity contribution in [3.8, 4) is 0 Å². The Morgan fingerprint density at radius 3 is 2.47 bits per heavy atom. The minimum atomic E-state index is -0.585. The van der Waals surface area contributed by atoms with E-state index in [1.165, 1.54) is 0 Å². The van der Waals surface area contributed by atoms with Crippen molar-refractivity contribution in [3.05, 3.63) is 35.9 Å². The van der Waals surface area contributed by atoms with Crippen LogP contribution in [0.25, 0.3) is 0 Å². The molecule has 0 aromatic heterocycles. The van der Waals surface area contributed by atoms with Gasteiger partial charge in [-0.25, -0.2) is 0 Å². The standard InChI is InChI=1S/C15H22N2O2/c1-15(2,11-7-5-4-6-8-11)14(19)17(3)12-9-16-10-13(12)18/h4-8,12-13,16,18H,9-10H2,1-3H3/t12-,13-/m1/s1. The van der Waals surface area contributed by atoms with Gasteiger partial charge in [0.25, 0.3) is 0 Å². The molecular formula is C15H22N2O2. The first kappa shape index (κ1) is 14.0. The molecule has 1 fully saturated rings. The molecule has 2 atom stereocenters. The third kappa shape index (κ3) is 2.65. The predicted molar refractivity (Wildman–Crippen MR) is 74.9 cm³/mol. The van der Waals surface area contributed by atoms with Gasteiger partial charge < -0.3 is 15.3 Å². The second-order valence-corrected chi connectivity index (χ2v) is 5.70. The number of aliphatic hydroxyl groups excluding tert-OH is 1. The molecule has 19 heavy (non-hydrogen) atoms. The summed E-state index contributed by atoms with van der Waals surface area (Å²) in [5.74, 6) is 0.0337. The number of hydrogen-bond acceptors (Lipinski definition) is 3. The molecule has 1 amide bonds. The van der Waals surface area contributed by atoms with Crippen LogP contribution in [0.2, 0.25) is 0 Å².